The maximum absolute atomic E-state index is 13.3. The molecule has 29 heavy (non-hydrogen) atoms. The van der Waals surface area contributed by atoms with Gasteiger partial charge in [-0.15, -0.1) is 11.3 Å². The van der Waals surface area contributed by atoms with Crippen molar-refractivity contribution >= 4 is 28.0 Å². The first kappa shape index (κ1) is 19.2. The minimum Gasteiger partial charge on any atom is -0.488 e. The number of carbonyl (C=O) groups is 1. The summed E-state index contributed by atoms with van der Waals surface area (Å²) in [7, 11) is 1.81. The summed E-state index contributed by atoms with van der Waals surface area (Å²) in [6, 6.07) is 15.8. The number of aryl methyl sites for hydroxylation is 2. The van der Waals surface area contributed by atoms with Crippen LogP contribution in [0.25, 0.3) is 10.8 Å². The number of carbonyl (C=O) groups excluding carboxylic acids is 1. The molecule has 0 aliphatic carbocycles. The van der Waals surface area contributed by atoms with E-state index in [1.807, 2.05) is 74.8 Å². The molecule has 0 saturated heterocycles. The Balaban J connectivity index is 1.67. The van der Waals surface area contributed by atoms with Gasteiger partial charge in [0.2, 0.25) is 0 Å². The van der Waals surface area contributed by atoms with E-state index in [0.29, 0.717) is 24.5 Å². The van der Waals surface area contributed by atoms with Crippen LogP contribution >= 0.6 is 11.3 Å². The minimum absolute atomic E-state index is 0.0714. The van der Waals surface area contributed by atoms with Gasteiger partial charge in [-0.3, -0.25) is 4.79 Å². The van der Waals surface area contributed by atoms with Crippen molar-refractivity contribution in [2.45, 2.75) is 27.0 Å². The standard InChI is InChI=1S/C23H22N2O3S/c1-15-21(16(2)28-24-15)14-27-22-12-18-8-5-4-7-17(18)11-20(22)23(26)25(3)13-19-9-6-10-29-19/h4-12H,13-14H2,1-3H3. The molecule has 0 unspecified atom stereocenters. The van der Waals surface area contributed by atoms with Crippen molar-refractivity contribution < 1.29 is 14.1 Å². The van der Waals surface area contributed by atoms with Gasteiger partial charge in [-0.2, -0.15) is 0 Å². The SMILES string of the molecule is Cc1noc(C)c1COc1cc2ccccc2cc1C(=O)N(C)Cc1cccs1. The fourth-order valence-corrected chi connectivity index (χ4v) is 4.03. The fourth-order valence-electron chi connectivity index (χ4n) is 3.28. The second-order valence-electron chi connectivity index (χ2n) is 7.03. The summed E-state index contributed by atoms with van der Waals surface area (Å²) >= 11 is 1.64. The molecule has 0 atom stereocenters. The van der Waals surface area contributed by atoms with E-state index in [9.17, 15) is 4.79 Å². The zero-order valence-corrected chi connectivity index (χ0v) is 17.5. The molecule has 0 spiro atoms. The van der Waals surface area contributed by atoms with E-state index in [0.717, 1.165) is 32.7 Å². The molecule has 0 fully saturated rings. The molecule has 0 aliphatic rings. The molecule has 4 rings (SSSR count). The third kappa shape index (κ3) is 4.03. The van der Waals surface area contributed by atoms with Crippen molar-refractivity contribution in [2.24, 2.45) is 0 Å². The van der Waals surface area contributed by atoms with Crippen molar-refractivity contribution in [3.8, 4) is 5.75 Å². The lowest BCUT2D eigenvalue weighted by atomic mass is 10.0. The van der Waals surface area contributed by atoms with Crippen LogP contribution in [0.4, 0.5) is 0 Å². The summed E-state index contributed by atoms with van der Waals surface area (Å²) in [5.74, 6) is 1.22. The largest absolute Gasteiger partial charge is 0.488 e. The van der Waals surface area contributed by atoms with Gasteiger partial charge in [0.15, 0.2) is 0 Å². The quantitative estimate of drug-likeness (QED) is 0.433. The lowest BCUT2D eigenvalue weighted by molar-refractivity contribution is 0.0781. The molecular formula is C23H22N2O3S. The Labute approximate surface area is 173 Å². The first-order valence-corrected chi connectivity index (χ1v) is 10.3. The normalized spacial score (nSPS) is 11.0. The minimum atomic E-state index is -0.0714. The number of hydrogen-bond acceptors (Lipinski definition) is 5. The highest BCUT2D eigenvalue weighted by Gasteiger charge is 2.20. The molecule has 0 saturated carbocycles. The summed E-state index contributed by atoms with van der Waals surface area (Å²) in [6.45, 7) is 4.61. The lowest BCUT2D eigenvalue weighted by Crippen LogP contribution is -2.26. The van der Waals surface area contributed by atoms with E-state index in [1.54, 1.807) is 16.2 Å². The Hall–Kier alpha value is -3.12. The highest BCUT2D eigenvalue weighted by molar-refractivity contribution is 7.09. The van der Waals surface area contributed by atoms with Crippen molar-refractivity contribution in [3.05, 3.63) is 81.4 Å². The number of benzene rings is 2. The van der Waals surface area contributed by atoms with Crippen LogP contribution in [0.5, 0.6) is 5.75 Å². The number of thiophene rings is 1. The summed E-state index contributed by atoms with van der Waals surface area (Å²) < 4.78 is 11.3. The van der Waals surface area contributed by atoms with Gasteiger partial charge < -0.3 is 14.2 Å². The molecule has 2 aromatic heterocycles. The molecular weight excluding hydrogens is 384 g/mol. The van der Waals surface area contributed by atoms with Gasteiger partial charge in [-0.25, -0.2) is 0 Å². The Kier molecular flexibility index (Phi) is 5.36. The van der Waals surface area contributed by atoms with Crippen molar-refractivity contribution in [2.75, 3.05) is 7.05 Å². The topological polar surface area (TPSA) is 55.6 Å². The summed E-state index contributed by atoms with van der Waals surface area (Å²) in [5.41, 5.74) is 2.25. The summed E-state index contributed by atoms with van der Waals surface area (Å²) in [6.07, 6.45) is 0. The Morgan fingerprint density at radius 1 is 1.14 bits per heavy atom. The number of amides is 1. The molecule has 148 valence electrons. The zero-order valence-electron chi connectivity index (χ0n) is 16.6. The van der Waals surface area contributed by atoms with Gasteiger partial charge in [-0.1, -0.05) is 35.5 Å². The van der Waals surface area contributed by atoms with Crippen LogP contribution in [0.15, 0.2) is 58.4 Å². The lowest BCUT2D eigenvalue weighted by Gasteiger charge is -2.19. The van der Waals surface area contributed by atoms with Crippen LogP contribution in [0.1, 0.15) is 32.3 Å². The van der Waals surface area contributed by atoms with Crippen LogP contribution in [-0.4, -0.2) is 23.0 Å². The average molecular weight is 407 g/mol. The maximum atomic E-state index is 13.3. The Morgan fingerprint density at radius 2 is 1.90 bits per heavy atom. The van der Waals surface area contributed by atoms with E-state index < -0.39 is 0 Å². The fraction of sp³-hybridized carbons (Fsp3) is 0.217. The van der Waals surface area contributed by atoms with Gasteiger partial charge in [0, 0.05) is 11.9 Å². The number of fused-ring (bicyclic) bond motifs is 1. The first-order chi connectivity index (χ1) is 14.0. The molecule has 0 radical (unpaired) electrons. The van der Waals surface area contributed by atoms with E-state index in [-0.39, 0.29) is 5.91 Å². The van der Waals surface area contributed by atoms with Crippen LogP contribution < -0.4 is 4.74 Å². The van der Waals surface area contributed by atoms with E-state index in [4.69, 9.17) is 9.26 Å². The second-order valence-corrected chi connectivity index (χ2v) is 8.06. The van der Waals surface area contributed by atoms with Crippen molar-refractivity contribution in [3.63, 3.8) is 0 Å². The average Bonchev–Trinajstić information content (AvgIpc) is 3.35. The van der Waals surface area contributed by atoms with Crippen molar-refractivity contribution in [1.29, 1.82) is 0 Å². The molecule has 5 nitrogen and oxygen atoms in total. The third-order valence-corrected chi connectivity index (χ3v) is 5.81. The van der Waals surface area contributed by atoms with Gasteiger partial charge in [0.25, 0.3) is 5.91 Å². The number of ether oxygens (including phenoxy) is 1. The van der Waals surface area contributed by atoms with Gasteiger partial charge >= 0.3 is 0 Å². The van der Waals surface area contributed by atoms with Gasteiger partial charge in [0.05, 0.1) is 23.4 Å². The smallest absolute Gasteiger partial charge is 0.257 e. The summed E-state index contributed by atoms with van der Waals surface area (Å²) in [5, 5.41) is 8.02. The van der Waals surface area contributed by atoms with E-state index in [2.05, 4.69) is 5.16 Å². The van der Waals surface area contributed by atoms with Gasteiger partial charge in [-0.05, 0) is 48.2 Å². The molecule has 4 aromatic rings. The molecule has 0 aliphatic heterocycles. The number of rotatable bonds is 6. The maximum Gasteiger partial charge on any atom is 0.257 e. The highest BCUT2D eigenvalue weighted by Crippen LogP contribution is 2.29. The molecule has 0 N–H and O–H groups in total. The zero-order chi connectivity index (χ0) is 20.4. The van der Waals surface area contributed by atoms with Crippen LogP contribution in [-0.2, 0) is 13.2 Å². The predicted molar refractivity (Wildman–Crippen MR) is 114 cm³/mol. The van der Waals surface area contributed by atoms with Crippen LogP contribution in [0.2, 0.25) is 0 Å². The predicted octanol–water partition coefficient (Wildman–Crippen LogP) is 5.36. The number of hydrogen-bond donors (Lipinski definition) is 0. The molecule has 2 heterocycles. The van der Waals surface area contributed by atoms with E-state index >= 15 is 0 Å². The van der Waals surface area contributed by atoms with Crippen molar-refractivity contribution in [1.82, 2.24) is 10.1 Å². The first-order valence-electron chi connectivity index (χ1n) is 9.38. The number of nitrogens with zero attached hydrogens (tertiary/aromatic N) is 2. The monoisotopic (exact) mass is 406 g/mol. The number of aromatic nitrogens is 1. The Bertz CT molecular complexity index is 1130. The third-order valence-electron chi connectivity index (χ3n) is 4.95. The molecule has 0 bridgehead atoms. The summed E-state index contributed by atoms with van der Waals surface area (Å²) in [4.78, 5) is 16.1. The van der Waals surface area contributed by atoms with Gasteiger partial charge in [0.1, 0.15) is 18.1 Å². The highest BCUT2D eigenvalue weighted by atomic mass is 32.1. The molecule has 1 amide bonds. The Morgan fingerprint density at radius 3 is 2.55 bits per heavy atom. The van der Waals surface area contributed by atoms with E-state index in [1.165, 1.54) is 0 Å². The van der Waals surface area contributed by atoms with Crippen LogP contribution in [0, 0.1) is 13.8 Å². The second kappa shape index (κ2) is 8.09. The molecule has 6 heteroatoms. The van der Waals surface area contributed by atoms with Crippen LogP contribution in [0.3, 0.4) is 0 Å². The molecule has 2 aromatic carbocycles.